The summed E-state index contributed by atoms with van der Waals surface area (Å²) in [7, 11) is 0. The molecular weight excluding hydrogens is 464 g/mol. The van der Waals surface area contributed by atoms with Gasteiger partial charge < -0.3 is 4.74 Å². The summed E-state index contributed by atoms with van der Waals surface area (Å²) in [4.78, 5) is 14.1. The monoisotopic (exact) mass is 498 g/mol. The Hall–Kier alpha value is -3.91. The third-order valence-corrected chi connectivity index (χ3v) is 8.42. The fourth-order valence-electron chi connectivity index (χ4n) is 6.68. The minimum Gasteiger partial charge on any atom is -0.489 e. The minimum absolute atomic E-state index is 0.126. The van der Waals surface area contributed by atoms with Gasteiger partial charge in [0.15, 0.2) is 5.78 Å². The number of ether oxygens (including phenoxy) is 1. The molecule has 2 atom stereocenters. The molecule has 0 saturated heterocycles. The van der Waals surface area contributed by atoms with Crippen LogP contribution in [-0.4, -0.2) is 5.78 Å². The van der Waals surface area contributed by atoms with E-state index in [1.54, 1.807) is 0 Å². The van der Waals surface area contributed by atoms with Gasteiger partial charge in [-0.05, 0) is 84.0 Å². The number of aryl methyl sites for hydroxylation is 1. The minimum atomic E-state index is -0.534. The first-order valence-corrected chi connectivity index (χ1v) is 13.8. The summed E-state index contributed by atoms with van der Waals surface area (Å²) < 4.78 is 6.22. The summed E-state index contributed by atoms with van der Waals surface area (Å²) in [6.45, 7) is 0.554. The van der Waals surface area contributed by atoms with E-state index in [-0.39, 0.29) is 11.7 Å². The highest BCUT2D eigenvalue weighted by atomic mass is 16.5. The molecule has 2 aliphatic rings. The Morgan fingerprint density at radius 1 is 0.737 bits per heavy atom. The maximum atomic E-state index is 14.1. The molecule has 2 heteroatoms. The molecule has 0 amide bonds. The molecule has 0 aromatic heterocycles. The molecule has 4 aromatic carbocycles. The van der Waals surface area contributed by atoms with Crippen molar-refractivity contribution in [1.82, 2.24) is 0 Å². The van der Waals surface area contributed by atoms with Gasteiger partial charge in [-0.25, -0.2) is 0 Å². The number of benzene rings is 4. The zero-order valence-electron chi connectivity index (χ0n) is 21.8. The standard InChI is InChI=1S/C36H34O2/c37-34-22-19-30-17-10-18-31-23-32(38-26-29-15-8-3-9-16-29)20-21-33(31)35(30)36(34,24-27-11-4-1-5-12-27)25-28-13-6-2-7-14-28/h1-9,11-16,19-23,30,35H,10,17-18,24-26H2/t30-,35+/m1/s1. The van der Waals surface area contributed by atoms with E-state index >= 15 is 0 Å². The van der Waals surface area contributed by atoms with Crippen LogP contribution >= 0.6 is 0 Å². The number of fused-ring (bicyclic) bond motifs is 3. The highest BCUT2D eigenvalue weighted by molar-refractivity contribution is 5.97. The lowest BCUT2D eigenvalue weighted by Crippen LogP contribution is -2.45. The number of allylic oxidation sites excluding steroid dienone is 2. The molecule has 0 heterocycles. The normalized spacial score (nSPS) is 19.7. The number of ketones is 1. The largest absolute Gasteiger partial charge is 0.489 e. The zero-order chi connectivity index (χ0) is 25.8. The van der Waals surface area contributed by atoms with E-state index in [0.717, 1.165) is 43.4 Å². The molecule has 0 saturated carbocycles. The van der Waals surface area contributed by atoms with E-state index in [1.807, 2.05) is 24.3 Å². The second-order valence-electron chi connectivity index (χ2n) is 10.9. The van der Waals surface area contributed by atoms with Gasteiger partial charge in [-0.15, -0.1) is 0 Å². The molecule has 38 heavy (non-hydrogen) atoms. The lowest BCUT2D eigenvalue weighted by molar-refractivity contribution is -0.126. The molecule has 0 unspecified atom stereocenters. The predicted octanol–water partition coefficient (Wildman–Crippen LogP) is 7.91. The van der Waals surface area contributed by atoms with Gasteiger partial charge in [0.2, 0.25) is 0 Å². The first-order valence-electron chi connectivity index (χ1n) is 13.8. The van der Waals surface area contributed by atoms with E-state index in [9.17, 15) is 4.79 Å². The second kappa shape index (κ2) is 10.8. The van der Waals surface area contributed by atoms with Crippen molar-refractivity contribution in [2.24, 2.45) is 11.3 Å². The number of carbonyl (C=O) groups is 1. The average Bonchev–Trinajstić information content (AvgIpc) is 3.15. The highest BCUT2D eigenvalue weighted by Crippen LogP contribution is 2.53. The van der Waals surface area contributed by atoms with Crippen LogP contribution in [0.5, 0.6) is 5.75 Å². The van der Waals surface area contributed by atoms with Crippen LogP contribution in [0.2, 0.25) is 0 Å². The third-order valence-electron chi connectivity index (χ3n) is 8.42. The zero-order valence-corrected chi connectivity index (χ0v) is 21.8. The van der Waals surface area contributed by atoms with Gasteiger partial charge in [0.25, 0.3) is 0 Å². The Labute approximate surface area is 226 Å². The fraction of sp³-hybridized carbons (Fsp3) is 0.250. The van der Waals surface area contributed by atoms with Crippen LogP contribution in [0.1, 0.15) is 46.6 Å². The van der Waals surface area contributed by atoms with Gasteiger partial charge in [0, 0.05) is 11.3 Å². The van der Waals surface area contributed by atoms with E-state index < -0.39 is 5.41 Å². The van der Waals surface area contributed by atoms with E-state index in [4.69, 9.17) is 4.74 Å². The Kier molecular flexibility index (Phi) is 6.96. The van der Waals surface area contributed by atoms with Crippen molar-refractivity contribution in [2.75, 3.05) is 0 Å². The Morgan fingerprint density at radius 3 is 1.97 bits per heavy atom. The first-order chi connectivity index (χ1) is 18.7. The number of hydrogen-bond donors (Lipinski definition) is 0. The van der Waals surface area contributed by atoms with Crippen molar-refractivity contribution in [3.05, 3.63) is 149 Å². The third kappa shape index (κ3) is 4.96. The Morgan fingerprint density at radius 2 is 1.34 bits per heavy atom. The van der Waals surface area contributed by atoms with Gasteiger partial charge in [-0.1, -0.05) is 103 Å². The molecule has 0 fully saturated rings. The SMILES string of the molecule is O=C1C=C[C@H]2CCCc3cc(OCc4ccccc4)ccc3[C@H]2C1(Cc1ccccc1)Cc1ccccc1. The first kappa shape index (κ1) is 24.4. The molecule has 0 radical (unpaired) electrons. The quantitative estimate of drug-likeness (QED) is 0.259. The van der Waals surface area contributed by atoms with Crippen LogP contribution in [0.4, 0.5) is 0 Å². The van der Waals surface area contributed by atoms with Crippen LogP contribution in [-0.2, 0) is 30.7 Å². The highest BCUT2D eigenvalue weighted by Gasteiger charge is 2.50. The topological polar surface area (TPSA) is 26.3 Å². The summed E-state index contributed by atoms with van der Waals surface area (Å²) in [6, 6.07) is 38.1. The van der Waals surface area contributed by atoms with E-state index in [2.05, 4.69) is 97.1 Å². The molecule has 6 rings (SSSR count). The maximum Gasteiger partial charge on any atom is 0.162 e. The fourth-order valence-corrected chi connectivity index (χ4v) is 6.68. The maximum absolute atomic E-state index is 14.1. The van der Waals surface area contributed by atoms with Crippen molar-refractivity contribution < 1.29 is 9.53 Å². The number of carbonyl (C=O) groups excluding carboxylic acids is 1. The summed E-state index contributed by atoms with van der Waals surface area (Å²) in [6.07, 6.45) is 8.79. The second-order valence-corrected chi connectivity index (χ2v) is 10.9. The predicted molar refractivity (Wildman–Crippen MR) is 153 cm³/mol. The molecule has 0 N–H and O–H groups in total. The molecular formula is C36H34O2. The van der Waals surface area contributed by atoms with Gasteiger partial charge in [-0.2, -0.15) is 0 Å². The van der Waals surface area contributed by atoms with Gasteiger partial charge in [0.1, 0.15) is 12.4 Å². The Balaban J connectivity index is 1.42. The lowest BCUT2D eigenvalue weighted by Gasteiger charge is -2.45. The Bertz CT molecular complexity index is 1360. The van der Waals surface area contributed by atoms with E-state index in [0.29, 0.717) is 12.5 Å². The van der Waals surface area contributed by atoms with Crippen molar-refractivity contribution in [2.45, 2.75) is 44.6 Å². The van der Waals surface area contributed by atoms with Crippen LogP contribution in [0.25, 0.3) is 0 Å². The van der Waals surface area contributed by atoms with Gasteiger partial charge in [-0.3, -0.25) is 4.79 Å². The smallest absolute Gasteiger partial charge is 0.162 e. The molecule has 2 nitrogen and oxygen atoms in total. The van der Waals surface area contributed by atoms with Crippen molar-refractivity contribution in [3.63, 3.8) is 0 Å². The molecule has 2 aliphatic carbocycles. The summed E-state index contributed by atoms with van der Waals surface area (Å²) >= 11 is 0. The summed E-state index contributed by atoms with van der Waals surface area (Å²) in [5.74, 6) is 1.63. The molecule has 4 aromatic rings. The van der Waals surface area contributed by atoms with Crippen LogP contribution in [0, 0.1) is 11.3 Å². The molecule has 0 spiro atoms. The van der Waals surface area contributed by atoms with Crippen molar-refractivity contribution >= 4 is 5.78 Å². The van der Waals surface area contributed by atoms with Gasteiger partial charge >= 0.3 is 0 Å². The lowest BCUT2D eigenvalue weighted by atomic mass is 9.56. The van der Waals surface area contributed by atoms with E-state index in [1.165, 1.54) is 22.3 Å². The summed E-state index contributed by atoms with van der Waals surface area (Å²) in [5, 5.41) is 0. The average molecular weight is 499 g/mol. The summed E-state index contributed by atoms with van der Waals surface area (Å²) in [5.41, 5.74) is 5.73. The molecule has 0 aliphatic heterocycles. The molecule has 0 bridgehead atoms. The van der Waals surface area contributed by atoms with Gasteiger partial charge in [0.05, 0.1) is 0 Å². The molecule has 190 valence electrons. The number of rotatable bonds is 7. The van der Waals surface area contributed by atoms with Crippen molar-refractivity contribution in [1.29, 1.82) is 0 Å². The van der Waals surface area contributed by atoms with Crippen LogP contribution in [0.3, 0.4) is 0 Å². The van der Waals surface area contributed by atoms with Crippen LogP contribution in [0.15, 0.2) is 121 Å². The van der Waals surface area contributed by atoms with Crippen LogP contribution < -0.4 is 4.74 Å². The number of hydrogen-bond acceptors (Lipinski definition) is 2. The van der Waals surface area contributed by atoms with Crippen molar-refractivity contribution in [3.8, 4) is 5.75 Å².